The lowest BCUT2D eigenvalue weighted by Gasteiger charge is -2.17. The largest absolute Gasteiger partial charge is 0.326 e. The highest BCUT2D eigenvalue weighted by Crippen LogP contribution is 2.24. The van der Waals surface area contributed by atoms with Crippen molar-refractivity contribution in [3.05, 3.63) is 95.3 Å². The molecule has 0 bridgehead atoms. The van der Waals surface area contributed by atoms with Crippen molar-refractivity contribution in [2.75, 3.05) is 5.32 Å². The molecule has 1 heterocycles. The van der Waals surface area contributed by atoms with Crippen molar-refractivity contribution in [2.24, 2.45) is 0 Å². The van der Waals surface area contributed by atoms with Crippen molar-refractivity contribution < 1.29 is 4.79 Å². The zero-order chi connectivity index (χ0) is 16.8. The number of rotatable bonds is 5. The Hall–Kier alpha value is -2.65. The predicted molar refractivity (Wildman–Crippen MR) is 97.2 cm³/mol. The Morgan fingerprint density at radius 1 is 0.958 bits per heavy atom. The summed E-state index contributed by atoms with van der Waals surface area (Å²) in [5.41, 5.74) is 2.79. The van der Waals surface area contributed by atoms with E-state index in [0.717, 1.165) is 16.8 Å². The molecule has 24 heavy (non-hydrogen) atoms. The molecule has 3 nitrogen and oxygen atoms in total. The zero-order valence-electron chi connectivity index (χ0n) is 13.0. The molecule has 0 aliphatic rings. The molecule has 120 valence electrons. The van der Waals surface area contributed by atoms with E-state index in [0.29, 0.717) is 11.4 Å². The maximum Gasteiger partial charge on any atom is 0.232 e. The number of carbonyl (C=O) groups is 1. The Balaban J connectivity index is 1.86. The number of hydrogen-bond acceptors (Lipinski definition) is 2. The Kier molecular flexibility index (Phi) is 5.24. The quantitative estimate of drug-likeness (QED) is 0.733. The summed E-state index contributed by atoms with van der Waals surface area (Å²) in [6.07, 6.45) is 4.08. The van der Waals surface area contributed by atoms with Gasteiger partial charge in [-0.05, 0) is 53.9 Å². The average Bonchev–Trinajstić information content (AvgIpc) is 2.62. The first kappa shape index (κ1) is 16.2. The first-order valence-corrected chi connectivity index (χ1v) is 8.10. The molecule has 0 fully saturated rings. The number of anilines is 1. The van der Waals surface area contributed by atoms with Crippen LogP contribution < -0.4 is 5.32 Å². The van der Waals surface area contributed by atoms with Gasteiger partial charge in [0.25, 0.3) is 0 Å². The van der Waals surface area contributed by atoms with Gasteiger partial charge in [-0.2, -0.15) is 0 Å². The number of benzene rings is 2. The van der Waals surface area contributed by atoms with Gasteiger partial charge in [-0.25, -0.2) is 0 Å². The molecule has 3 aromatic rings. The molecule has 2 aromatic carbocycles. The molecule has 1 atom stereocenters. The number of carbonyl (C=O) groups excluding carboxylic acids is 1. The van der Waals surface area contributed by atoms with Crippen molar-refractivity contribution in [3.8, 4) is 0 Å². The van der Waals surface area contributed by atoms with E-state index in [-0.39, 0.29) is 11.8 Å². The minimum Gasteiger partial charge on any atom is -0.326 e. The Morgan fingerprint density at radius 3 is 2.29 bits per heavy atom. The van der Waals surface area contributed by atoms with Gasteiger partial charge in [0.15, 0.2) is 0 Å². The lowest BCUT2D eigenvalue weighted by atomic mass is 9.91. The van der Waals surface area contributed by atoms with E-state index in [1.807, 2.05) is 66.7 Å². The minimum atomic E-state index is -0.301. The first-order valence-electron chi connectivity index (χ1n) is 7.72. The molecular formula is C20H17ClN2O. The van der Waals surface area contributed by atoms with Crippen molar-refractivity contribution in [1.82, 2.24) is 4.98 Å². The van der Waals surface area contributed by atoms with Gasteiger partial charge in [0.2, 0.25) is 5.91 Å². The monoisotopic (exact) mass is 336 g/mol. The van der Waals surface area contributed by atoms with E-state index in [4.69, 9.17) is 11.6 Å². The topological polar surface area (TPSA) is 42.0 Å². The standard InChI is InChI=1S/C20H17ClN2O/c21-17-8-6-16(7-9-17)19(14-15-10-12-22-13-11-15)20(24)23-18-4-2-1-3-5-18/h1-13,19H,14H2,(H,23,24). The molecule has 0 radical (unpaired) electrons. The molecule has 3 rings (SSSR count). The highest BCUT2D eigenvalue weighted by molar-refractivity contribution is 6.30. The van der Waals surface area contributed by atoms with E-state index >= 15 is 0 Å². The summed E-state index contributed by atoms with van der Waals surface area (Å²) in [4.78, 5) is 16.9. The third-order valence-electron chi connectivity index (χ3n) is 3.82. The number of para-hydroxylation sites is 1. The summed E-state index contributed by atoms with van der Waals surface area (Å²) < 4.78 is 0. The number of aromatic nitrogens is 1. The van der Waals surface area contributed by atoms with Crippen LogP contribution in [0.5, 0.6) is 0 Å². The molecular weight excluding hydrogens is 320 g/mol. The maximum absolute atomic E-state index is 12.8. The third-order valence-corrected chi connectivity index (χ3v) is 4.07. The number of pyridine rings is 1. The molecule has 4 heteroatoms. The summed E-state index contributed by atoms with van der Waals surface area (Å²) in [5.74, 6) is -0.342. The molecule has 1 aromatic heterocycles. The van der Waals surface area contributed by atoms with Gasteiger partial charge in [-0.3, -0.25) is 9.78 Å². The lowest BCUT2D eigenvalue weighted by molar-refractivity contribution is -0.117. The summed E-state index contributed by atoms with van der Waals surface area (Å²) >= 11 is 5.98. The molecule has 0 aliphatic carbocycles. The van der Waals surface area contributed by atoms with Crippen LogP contribution in [0, 0.1) is 0 Å². The van der Waals surface area contributed by atoms with Crippen molar-refractivity contribution in [2.45, 2.75) is 12.3 Å². The van der Waals surface area contributed by atoms with Crippen LogP contribution in [0.15, 0.2) is 79.1 Å². The van der Waals surface area contributed by atoms with Crippen LogP contribution >= 0.6 is 11.6 Å². The van der Waals surface area contributed by atoms with Crippen LogP contribution in [0.25, 0.3) is 0 Å². The summed E-state index contributed by atoms with van der Waals surface area (Å²) in [6.45, 7) is 0. The van der Waals surface area contributed by atoms with Gasteiger partial charge in [0.1, 0.15) is 0 Å². The Bertz CT molecular complexity index is 789. The highest BCUT2D eigenvalue weighted by atomic mass is 35.5. The fourth-order valence-corrected chi connectivity index (χ4v) is 2.69. The SMILES string of the molecule is O=C(Nc1ccccc1)C(Cc1ccncc1)c1ccc(Cl)cc1. The van der Waals surface area contributed by atoms with Gasteiger partial charge in [-0.1, -0.05) is 41.9 Å². The normalized spacial score (nSPS) is 11.7. The number of nitrogens with zero attached hydrogens (tertiary/aromatic N) is 1. The third kappa shape index (κ3) is 4.21. The highest BCUT2D eigenvalue weighted by Gasteiger charge is 2.21. The zero-order valence-corrected chi connectivity index (χ0v) is 13.8. The Labute approximate surface area is 146 Å². The minimum absolute atomic E-state index is 0.0414. The van der Waals surface area contributed by atoms with E-state index < -0.39 is 0 Å². The van der Waals surface area contributed by atoms with Crippen molar-refractivity contribution in [1.29, 1.82) is 0 Å². The second-order valence-electron chi connectivity index (χ2n) is 5.52. The molecule has 0 saturated heterocycles. The molecule has 1 N–H and O–H groups in total. The van der Waals surface area contributed by atoms with Crippen LogP contribution in [-0.2, 0) is 11.2 Å². The lowest BCUT2D eigenvalue weighted by Crippen LogP contribution is -2.23. The Morgan fingerprint density at radius 2 is 1.62 bits per heavy atom. The van der Waals surface area contributed by atoms with Crippen LogP contribution in [0.1, 0.15) is 17.0 Å². The van der Waals surface area contributed by atoms with E-state index in [1.165, 1.54) is 0 Å². The molecule has 0 saturated carbocycles. The maximum atomic E-state index is 12.8. The van der Waals surface area contributed by atoms with Crippen molar-refractivity contribution in [3.63, 3.8) is 0 Å². The number of hydrogen-bond donors (Lipinski definition) is 1. The number of amides is 1. The summed E-state index contributed by atoms with van der Waals surface area (Å²) in [7, 11) is 0. The molecule has 1 unspecified atom stereocenters. The number of halogens is 1. The fourth-order valence-electron chi connectivity index (χ4n) is 2.56. The molecule has 0 spiro atoms. The van der Waals surface area contributed by atoms with E-state index in [2.05, 4.69) is 10.3 Å². The second kappa shape index (κ2) is 7.75. The van der Waals surface area contributed by atoms with Crippen LogP contribution in [0.2, 0.25) is 5.02 Å². The second-order valence-corrected chi connectivity index (χ2v) is 5.96. The van der Waals surface area contributed by atoms with E-state index in [9.17, 15) is 4.79 Å². The van der Waals surface area contributed by atoms with Crippen LogP contribution in [0.3, 0.4) is 0 Å². The van der Waals surface area contributed by atoms with Gasteiger partial charge in [0, 0.05) is 23.1 Å². The van der Waals surface area contributed by atoms with Crippen LogP contribution in [-0.4, -0.2) is 10.9 Å². The fraction of sp³-hybridized carbons (Fsp3) is 0.100. The van der Waals surface area contributed by atoms with Gasteiger partial charge in [-0.15, -0.1) is 0 Å². The predicted octanol–water partition coefficient (Wildman–Crippen LogP) is 4.70. The van der Waals surface area contributed by atoms with Gasteiger partial charge >= 0.3 is 0 Å². The molecule has 1 amide bonds. The average molecular weight is 337 g/mol. The first-order chi connectivity index (χ1) is 11.7. The molecule has 0 aliphatic heterocycles. The summed E-state index contributed by atoms with van der Waals surface area (Å²) in [6, 6.07) is 20.8. The van der Waals surface area contributed by atoms with E-state index in [1.54, 1.807) is 12.4 Å². The van der Waals surface area contributed by atoms with Crippen LogP contribution in [0.4, 0.5) is 5.69 Å². The summed E-state index contributed by atoms with van der Waals surface area (Å²) in [5, 5.41) is 3.65. The van der Waals surface area contributed by atoms with Gasteiger partial charge < -0.3 is 5.32 Å². The van der Waals surface area contributed by atoms with Gasteiger partial charge in [0.05, 0.1) is 5.92 Å². The smallest absolute Gasteiger partial charge is 0.232 e. The van der Waals surface area contributed by atoms with Crippen molar-refractivity contribution >= 4 is 23.2 Å². The number of nitrogens with one attached hydrogen (secondary N) is 1.